The fraction of sp³-hybridized carbons (Fsp3) is 0.214. The molecule has 2 aromatic rings. The van der Waals surface area contributed by atoms with E-state index in [1.54, 1.807) is 13.0 Å². The molecule has 1 heterocycles. The molecule has 1 atom stereocenters. The van der Waals surface area contributed by atoms with Crippen LogP contribution in [0.5, 0.6) is 0 Å². The Hall–Kier alpha value is -1.95. The molecule has 0 saturated heterocycles. The number of benzene rings is 1. The zero-order chi connectivity index (χ0) is 14.7. The Balaban J connectivity index is 2.45. The van der Waals surface area contributed by atoms with Crippen LogP contribution in [0.1, 0.15) is 13.0 Å². The molecule has 0 spiro atoms. The molecule has 0 radical (unpaired) electrons. The summed E-state index contributed by atoms with van der Waals surface area (Å²) in [6.45, 7) is 1.57. The van der Waals surface area contributed by atoms with Gasteiger partial charge in [0.2, 0.25) is 0 Å². The van der Waals surface area contributed by atoms with Crippen LogP contribution in [0.3, 0.4) is 0 Å². The average Bonchev–Trinajstić information content (AvgIpc) is 2.47. The summed E-state index contributed by atoms with van der Waals surface area (Å²) in [4.78, 5) is 23.3. The lowest BCUT2D eigenvalue weighted by atomic mass is 10.1. The second kappa shape index (κ2) is 6.00. The fourth-order valence-corrected chi connectivity index (χ4v) is 2.01. The van der Waals surface area contributed by atoms with Crippen molar-refractivity contribution in [2.45, 2.75) is 13.0 Å². The predicted molar refractivity (Wildman–Crippen MR) is 78.4 cm³/mol. The Bertz CT molecular complexity index is 680. The maximum absolute atomic E-state index is 11.8. The lowest BCUT2D eigenvalue weighted by Crippen LogP contribution is -2.30. The highest BCUT2D eigenvalue weighted by Crippen LogP contribution is 2.19. The number of hydrogen-bond acceptors (Lipinski definition) is 4. The van der Waals surface area contributed by atoms with Gasteiger partial charge in [0.25, 0.3) is 5.56 Å². The number of carbonyl (C=O) groups is 1. The Kier molecular flexibility index (Phi) is 4.34. The van der Waals surface area contributed by atoms with Gasteiger partial charge in [-0.05, 0) is 25.1 Å². The molecule has 20 heavy (non-hydrogen) atoms. The van der Waals surface area contributed by atoms with Crippen LogP contribution in [0.2, 0.25) is 0 Å². The lowest BCUT2D eigenvalue weighted by Gasteiger charge is -2.12. The van der Waals surface area contributed by atoms with Gasteiger partial charge in [0.1, 0.15) is 0 Å². The van der Waals surface area contributed by atoms with E-state index in [1.807, 2.05) is 24.3 Å². The van der Waals surface area contributed by atoms with Gasteiger partial charge < -0.3 is 4.74 Å². The zero-order valence-electron chi connectivity index (χ0n) is 11.0. The average molecular weight is 337 g/mol. The maximum atomic E-state index is 11.8. The van der Waals surface area contributed by atoms with Crippen molar-refractivity contribution in [1.82, 2.24) is 9.78 Å². The number of esters is 1. The molecule has 0 aliphatic rings. The molecule has 0 fully saturated rings. The summed E-state index contributed by atoms with van der Waals surface area (Å²) in [5.74, 6) is -0.507. The molecule has 0 unspecified atom stereocenters. The monoisotopic (exact) mass is 336 g/mol. The van der Waals surface area contributed by atoms with Gasteiger partial charge in [0, 0.05) is 16.1 Å². The summed E-state index contributed by atoms with van der Waals surface area (Å²) in [6.07, 6.45) is 0. The maximum Gasteiger partial charge on any atom is 0.330 e. The van der Waals surface area contributed by atoms with Crippen molar-refractivity contribution >= 4 is 21.9 Å². The minimum atomic E-state index is -0.761. The second-order valence-corrected chi connectivity index (χ2v) is 5.12. The summed E-state index contributed by atoms with van der Waals surface area (Å²) in [7, 11) is 1.28. The van der Waals surface area contributed by atoms with E-state index < -0.39 is 12.0 Å². The zero-order valence-corrected chi connectivity index (χ0v) is 12.6. The number of carbonyl (C=O) groups excluding carboxylic acids is 1. The third-order valence-electron chi connectivity index (χ3n) is 2.87. The number of rotatable bonds is 3. The molecular formula is C14H13BrN2O3. The minimum absolute atomic E-state index is 0.344. The van der Waals surface area contributed by atoms with Crippen molar-refractivity contribution in [2.24, 2.45) is 0 Å². The molecule has 0 aliphatic heterocycles. The van der Waals surface area contributed by atoms with E-state index in [1.165, 1.54) is 13.2 Å². The van der Waals surface area contributed by atoms with E-state index in [4.69, 9.17) is 0 Å². The van der Waals surface area contributed by atoms with Gasteiger partial charge in [-0.15, -0.1) is 0 Å². The molecule has 0 amide bonds. The van der Waals surface area contributed by atoms with Gasteiger partial charge in [-0.1, -0.05) is 28.1 Å². The summed E-state index contributed by atoms with van der Waals surface area (Å²) in [6, 6.07) is 9.79. The molecular weight excluding hydrogens is 324 g/mol. The first kappa shape index (κ1) is 14.5. The topological polar surface area (TPSA) is 61.2 Å². The molecule has 1 aromatic heterocycles. The highest BCUT2D eigenvalue weighted by molar-refractivity contribution is 9.10. The van der Waals surface area contributed by atoms with E-state index in [0.29, 0.717) is 5.69 Å². The molecule has 0 aliphatic carbocycles. The Morgan fingerprint density at radius 1 is 1.25 bits per heavy atom. The molecule has 2 rings (SSSR count). The molecule has 1 aromatic carbocycles. The summed E-state index contributed by atoms with van der Waals surface area (Å²) in [5.41, 5.74) is 1.13. The largest absolute Gasteiger partial charge is 0.467 e. The smallest absolute Gasteiger partial charge is 0.330 e. The molecule has 5 nitrogen and oxygen atoms in total. The Morgan fingerprint density at radius 3 is 2.50 bits per heavy atom. The van der Waals surface area contributed by atoms with Crippen LogP contribution in [0, 0.1) is 0 Å². The van der Waals surface area contributed by atoms with E-state index in [-0.39, 0.29) is 5.56 Å². The normalized spacial score (nSPS) is 11.9. The Morgan fingerprint density at radius 2 is 1.90 bits per heavy atom. The molecule has 0 bridgehead atoms. The first-order chi connectivity index (χ1) is 9.52. The highest BCUT2D eigenvalue weighted by atomic mass is 79.9. The van der Waals surface area contributed by atoms with Crippen molar-refractivity contribution in [1.29, 1.82) is 0 Å². The summed E-state index contributed by atoms with van der Waals surface area (Å²) < 4.78 is 6.72. The minimum Gasteiger partial charge on any atom is -0.467 e. The second-order valence-electron chi connectivity index (χ2n) is 4.21. The third kappa shape index (κ3) is 2.96. The van der Waals surface area contributed by atoms with Crippen LogP contribution < -0.4 is 5.56 Å². The number of hydrogen-bond donors (Lipinski definition) is 0. The van der Waals surface area contributed by atoms with E-state index >= 15 is 0 Å². The number of ether oxygens (including phenoxy) is 1. The van der Waals surface area contributed by atoms with Crippen molar-refractivity contribution in [3.05, 3.63) is 51.2 Å². The van der Waals surface area contributed by atoms with Crippen LogP contribution in [0.25, 0.3) is 11.3 Å². The number of nitrogens with zero attached hydrogens (tertiary/aromatic N) is 2. The number of halogens is 1. The predicted octanol–water partition coefficient (Wildman–Crippen LogP) is 2.41. The highest BCUT2D eigenvalue weighted by Gasteiger charge is 2.18. The number of aromatic nitrogens is 2. The van der Waals surface area contributed by atoms with Gasteiger partial charge in [-0.2, -0.15) is 5.10 Å². The van der Waals surface area contributed by atoms with E-state index in [0.717, 1.165) is 14.7 Å². The first-order valence-corrected chi connectivity index (χ1v) is 6.76. The molecule has 0 N–H and O–H groups in total. The van der Waals surface area contributed by atoms with Crippen molar-refractivity contribution < 1.29 is 9.53 Å². The summed E-state index contributed by atoms with van der Waals surface area (Å²) >= 11 is 3.36. The summed E-state index contributed by atoms with van der Waals surface area (Å²) in [5, 5.41) is 4.23. The van der Waals surface area contributed by atoms with Crippen molar-refractivity contribution in [3.63, 3.8) is 0 Å². The van der Waals surface area contributed by atoms with E-state index in [9.17, 15) is 9.59 Å². The van der Waals surface area contributed by atoms with Gasteiger partial charge in [-0.3, -0.25) is 4.79 Å². The van der Waals surface area contributed by atoms with Crippen molar-refractivity contribution in [2.75, 3.05) is 7.11 Å². The van der Waals surface area contributed by atoms with Gasteiger partial charge in [0.15, 0.2) is 6.04 Å². The van der Waals surface area contributed by atoms with Crippen LogP contribution in [0.15, 0.2) is 45.7 Å². The fourth-order valence-electron chi connectivity index (χ4n) is 1.75. The van der Waals surface area contributed by atoms with Gasteiger partial charge >= 0.3 is 5.97 Å². The molecule has 6 heteroatoms. The molecule has 104 valence electrons. The van der Waals surface area contributed by atoms with Crippen LogP contribution in [0.4, 0.5) is 0 Å². The SMILES string of the molecule is COC(=O)[C@@H](C)n1nc(-c2ccc(Br)cc2)ccc1=O. The van der Waals surface area contributed by atoms with Gasteiger partial charge in [-0.25, -0.2) is 9.48 Å². The Labute approximate surface area is 124 Å². The number of methoxy groups -OCH3 is 1. The van der Waals surface area contributed by atoms with Crippen LogP contribution in [-0.4, -0.2) is 22.9 Å². The van der Waals surface area contributed by atoms with Gasteiger partial charge in [0.05, 0.1) is 12.8 Å². The van der Waals surface area contributed by atoms with E-state index in [2.05, 4.69) is 25.8 Å². The van der Waals surface area contributed by atoms with Crippen molar-refractivity contribution in [3.8, 4) is 11.3 Å². The molecule has 0 saturated carbocycles. The quantitative estimate of drug-likeness (QED) is 0.807. The van der Waals surface area contributed by atoms with Crippen LogP contribution >= 0.6 is 15.9 Å². The standard InChI is InChI=1S/C14H13BrN2O3/c1-9(14(19)20-2)17-13(18)8-7-12(16-17)10-3-5-11(15)6-4-10/h3-9H,1-2H3/t9-/m1/s1. The third-order valence-corrected chi connectivity index (χ3v) is 3.40. The van der Waals surface area contributed by atoms with Crippen LogP contribution in [-0.2, 0) is 9.53 Å². The lowest BCUT2D eigenvalue weighted by molar-refractivity contribution is -0.144. The first-order valence-electron chi connectivity index (χ1n) is 5.96.